The van der Waals surface area contributed by atoms with Crippen LogP contribution in [0.2, 0.25) is 0 Å². The summed E-state index contributed by atoms with van der Waals surface area (Å²) in [6.45, 7) is 1.49. The van der Waals surface area contributed by atoms with E-state index in [9.17, 15) is 25.1 Å². The van der Waals surface area contributed by atoms with Gasteiger partial charge < -0.3 is 15.3 Å². The number of benzene rings is 1. The average Bonchev–Trinajstić information content (AvgIpc) is 2.26. The average molecular weight is 241 g/mol. The van der Waals surface area contributed by atoms with Gasteiger partial charge in [0.05, 0.1) is 10.5 Å². The topological polar surface area (TPSA) is 121 Å². The van der Waals surface area contributed by atoms with Crippen LogP contribution in [0.15, 0.2) is 18.2 Å². The number of aliphatic carboxylic acids is 1. The van der Waals surface area contributed by atoms with Crippen molar-refractivity contribution < 1.29 is 25.0 Å². The van der Waals surface area contributed by atoms with E-state index in [-0.39, 0.29) is 5.56 Å². The first-order valence-electron chi connectivity index (χ1n) is 4.69. The van der Waals surface area contributed by atoms with Crippen LogP contribution in [0.4, 0.5) is 5.69 Å². The van der Waals surface area contributed by atoms with Crippen LogP contribution in [0.1, 0.15) is 17.2 Å². The highest BCUT2D eigenvalue weighted by Crippen LogP contribution is 2.30. The molecule has 0 bridgehead atoms. The predicted octanol–water partition coefficient (Wildman–Crippen LogP) is 0.382. The van der Waals surface area contributed by atoms with Gasteiger partial charge in [0, 0.05) is 6.07 Å². The van der Waals surface area contributed by atoms with E-state index in [4.69, 9.17) is 5.11 Å². The first-order valence-corrected chi connectivity index (χ1v) is 4.69. The van der Waals surface area contributed by atoms with Crippen LogP contribution >= 0.6 is 0 Å². The van der Waals surface area contributed by atoms with E-state index in [1.165, 1.54) is 19.1 Å². The number of nitro benzene ring substituents is 1. The lowest BCUT2D eigenvalue weighted by Gasteiger charge is -2.16. The molecule has 2 atom stereocenters. The lowest BCUT2D eigenvalue weighted by molar-refractivity contribution is -0.386. The molecule has 92 valence electrons. The van der Waals surface area contributed by atoms with E-state index in [0.717, 1.165) is 6.07 Å². The summed E-state index contributed by atoms with van der Waals surface area (Å²) in [6, 6.07) is 4.04. The van der Waals surface area contributed by atoms with Gasteiger partial charge in [-0.2, -0.15) is 0 Å². The summed E-state index contributed by atoms with van der Waals surface area (Å²) in [7, 11) is 0. The Hall–Kier alpha value is -1.99. The number of hydrogen-bond acceptors (Lipinski definition) is 5. The molecule has 3 N–H and O–H groups in total. The third-order valence-corrected chi connectivity index (χ3v) is 2.35. The zero-order valence-electron chi connectivity index (χ0n) is 8.90. The van der Waals surface area contributed by atoms with Crippen LogP contribution in [0.3, 0.4) is 0 Å². The molecule has 1 aromatic carbocycles. The number of hydrogen-bond donors (Lipinski definition) is 3. The van der Waals surface area contributed by atoms with E-state index in [0.29, 0.717) is 5.56 Å². The summed E-state index contributed by atoms with van der Waals surface area (Å²) in [5.74, 6) is -1.64. The molecule has 0 fully saturated rings. The lowest BCUT2D eigenvalue weighted by atomic mass is 9.97. The second-order valence-corrected chi connectivity index (χ2v) is 3.49. The Morgan fingerprint density at radius 3 is 2.47 bits per heavy atom. The highest BCUT2D eigenvalue weighted by atomic mass is 16.6. The second kappa shape index (κ2) is 4.89. The third kappa shape index (κ3) is 2.58. The number of nitro groups is 1. The number of carboxylic acids is 1. The van der Waals surface area contributed by atoms with Crippen molar-refractivity contribution >= 4 is 11.7 Å². The first-order chi connectivity index (χ1) is 7.86. The van der Waals surface area contributed by atoms with Crippen molar-refractivity contribution in [2.45, 2.75) is 19.1 Å². The molecule has 0 heterocycles. The van der Waals surface area contributed by atoms with E-state index in [1.54, 1.807) is 0 Å². The van der Waals surface area contributed by atoms with Crippen molar-refractivity contribution in [1.29, 1.82) is 0 Å². The van der Waals surface area contributed by atoms with Crippen molar-refractivity contribution in [2.75, 3.05) is 0 Å². The number of rotatable bonds is 4. The fraction of sp³-hybridized carbons (Fsp3) is 0.300. The van der Waals surface area contributed by atoms with Crippen molar-refractivity contribution in [2.24, 2.45) is 0 Å². The van der Waals surface area contributed by atoms with E-state index >= 15 is 0 Å². The Morgan fingerprint density at radius 1 is 1.41 bits per heavy atom. The fourth-order valence-corrected chi connectivity index (χ4v) is 1.50. The molecule has 0 saturated carbocycles. The van der Waals surface area contributed by atoms with Crippen LogP contribution in [0, 0.1) is 17.0 Å². The first kappa shape index (κ1) is 13.1. The van der Waals surface area contributed by atoms with Gasteiger partial charge in [0.1, 0.15) is 6.10 Å². The Bertz CT molecular complexity index is 458. The van der Waals surface area contributed by atoms with Crippen molar-refractivity contribution in [1.82, 2.24) is 0 Å². The van der Waals surface area contributed by atoms with Crippen LogP contribution < -0.4 is 0 Å². The lowest BCUT2D eigenvalue weighted by Crippen LogP contribution is -2.28. The Labute approximate surface area is 96.1 Å². The van der Waals surface area contributed by atoms with E-state index in [2.05, 4.69) is 0 Å². The largest absolute Gasteiger partial charge is 0.479 e. The fourth-order valence-electron chi connectivity index (χ4n) is 1.50. The van der Waals surface area contributed by atoms with Crippen molar-refractivity contribution in [3.8, 4) is 0 Å². The molecular formula is C10H11NO6. The number of carbonyl (C=O) groups is 1. The molecule has 1 rings (SSSR count). The minimum atomic E-state index is -2.10. The van der Waals surface area contributed by atoms with Gasteiger partial charge in [-0.1, -0.05) is 12.1 Å². The van der Waals surface area contributed by atoms with Crippen molar-refractivity contribution in [3.63, 3.8) is 0 Å². The van der Waals surface area contributed by atoms with Crippen LogP contribution in [0.5, 0.6) is 0 Å². The van der Waals surface area contributed by atoms with Crippen molar-refractivity contribution in [3.05, 3.63) is 39.4 Å². The van der Waals surface area contributed by atoms with Crippen LogP contribution in [-0.4, -0.2) is 32.3 Å². The molecule has 0 aliphatic carbocycles. The van der Waals surface area contributed by atoms with Crippen LogP contribution in [-0.2, 0) is 4.79 Å². The molecule has 0 spiro atoms. The normalized spacial score (nSPS) is 14.1. The molecular weight excluding hydrogens is 230 g/mol. The molecule has 0 amide bonds. The highest BCUT2D eigenvalue weighted by molar-refractivity contribution is 5.73. The molecule has 0 aliphatic heterocycles. The number of aliphatic hydroxyl groups excluding tert-OH is 2. The van der Waals surface area contributed by atoms with Gasteiger partial charge in [0.25, 0.3) is 5.69 Å². The summed E-state index contributed by atoms with van der Waals surface area (Å²) < 4.78 is 0. The van der Waals surface area contributed by atoms with Gasteiger partial charge in [-0.05, 0) is 12.5 Å². The molecule has 0 saturated heterocycles. The SMILES string of the molecule is Cc1cccc([N+](=O)[O-])c1C(O)C(O)C(=O)O. The molecule has 7 nitrogen and oxygen atoms in total. The molecule has 17 heavy (non-hydrogen) atoms. The monoisotopic (exact) mass is 241 g/mol. The molecule has 0 radical (unpaired) electrons. The third-order valence-electron chi connectivity index (χ3n) is 2.35. The highest BCUT2D eigenvalue weighted by Gasteiger charge is 2.31. The summed E-state index contributed by atoms with van der Waals surface area (Å²) in [4.78, 5) is 20.5. The summed E-state index contributed by atoms with van der Waals surface area (Å²) >= 11 is 0. The molecule has 7 heteroatoms. The van der Waals surface area contributed by atoms with Gasteiger partial charge in [-0.15, -0.1) is 0 Å². The molecule has 0 aromatic heterocycles. The minimum Gasteiger partial charge on any atom is -0.479 e. The Kier molecular flexibility index (Phi) is 3.77. The quantitative estimate of drug-likeness (QED) is 0.517. The summed E-state index contributed by atoms with van der Waals surface area (Å²) in [5.41, 5.74) is -0.266. The maximum Gasteiger partial charge on any atom is 0.335 e. The maximum atomic E-state index is 10.7. The van der Waals surface area contributed by atoms with Gasteiger partial charge in [-0.3, -0.25) is 10.1 Å². The summed E-state index contributed by atoms with van der Waals surface area (Å²) in [6.07, 6.45) is -3.94. The van der Waals surface area contributed by atoms with Gasteiger partial charge >= 0.3 is 5.97 Å². The Morgan fingerprint density at radius 2 is 2.00 bits per heavy atom. The standard InChI is InChI=1S/C10H11NO6/c1-5-3-2-4-6(11(16)17)7(5)8(12)9(13)10(14)15/h2-4,8-9,12-13H,1H3,(H,14,15). The number of aliphatic hydroxyl groups is 2. The molecule has 0 aliphatic rings. The van der Waals surface area contributed by atoms with Gasteiger partial charge in [0.15, 0.2) is 6.10 Å². The van der Waals surface area contributed by atoms with E-state index in [1.807, 2.05) is 0 Å². The number of nitrogens with zero attached hydrogens (tertiary/aromatic N) is 1. The zero-order valence-corrected chi connectivity index (χ0v) is 8.90. The number of aryl methyl sites for hydroxylation is 1. The minimum absolute atomic E-state index is 0.188. The Balaban J connectivity index is 3.29. The second-order valence-electron chi connectivity index (χ2n) is 3.49. The van der Waals surface area contributed by atoms with Gasteiger partial charge in [-0.25, -0.2) is 4.79 Å². The molecule has 2 unspecified atom stereocenters. The van der Waals surface area contributed by atoms with E-state index < -0.39 is 28.8 Å². The summed E-state index contributed by atoms with van der Waals surface area (Å²) in [5, 5.41) is 38.1. The smallest absolute Gasteiger partial charge is 0.335 e. The predicted molar refractivity (Wildman–Crippen MR) is 56.4 cm³/mol. The zero-order chi connectivity index (χ0) is 13.2. The van der Waals surface area contributed by atoms with Crippen LogP contribution in [0.25, 0.3) is 0 Å². The maximum absolute atomic E-state index is 10.7. The van der Waals surface area contributed by atoms with Gasteiger partial charge in [0.2, 0.25) is 0 Å². The molecule has 1 aromatic rings. The number of carboxylic acid groups (broad SMARTS) is 1.